The van der Waals surface area contributed by atoms with Crippen LogP contribution in [0, 0.1) is 19.7 Å². The fraction of sp³-hybridized carbons (Fsp3) is 0.0769. The van der Waals surface area contributed by atoms with Gasteiger partial charge in [-0.25, -0.2) is 8.91 Å². The van der Waals surface area contributed by atoms with E-state index < -0.39 is 5.91 Å². The fourth-order valence-electron chi connectivity index (χ4n) is 3.70. The van der Waals surface area contributed by atoms with Crippen LogP contribution in [0.5, 0.6) is 11.5 Å². The number of carbonyl (C=O) groups excluding carboxylic acids is 1. The molecule has 1 N–H and O–H groups in total. The van der Waals surface area contributed by atoms with Gasteiger partial charge in [-0.1, -0.05) is 30.3 Å². The number of anilines is 1. The molecule has 0 aliphatic carbocycles. The second-order valence-corrected chi connectivity index (χ2v) is 7.73. The van der Waals surface area contributed by atoms with Gasteiger partial charge in [-0.15, -0.1) is 10.2 Å². The molecule has 7 nitrogen and oxygen atoms in total. The van der Waals surface area contributed by atoms with E-state index in [0.29, 0.717) is 28.5 Å². The molecule has 8 heteroatoms. The lowest BCUT2D eigenvalue weighted by Gasteiger charge is -2.09. The molecule has 0 spiro atoms. The number of carbonyl (C=O) groups is 1. The van der Waals surface area contributed by atoms with Crippen molar-refractivity contribution in [1.29, 1.82) is 0 Å². The average Bonchev–Trinajstić information content (AvgIpc) is 3.18. The maximum absolute atomic E-state index is 13.3. The molecule has 5 rings (SSSR count). The summed E-state index contributed by atoms with van der Waals surface area (Å²) in [5.74, 6) is 0.661. The van der Waals surface area contributed by atoms with Crippen molar-refractivity contribution in [2.45, 2.75) is 13.8 Å². The number of para-hydroxylation sites is 1. The third-order valence-electron chi connectivity index (χ3n) is 5.38. The van der Waals surface area contributed by atoms with Crippen molar-refractivity contribution in [3.05, 3.63) is 102 Å². The third-order valence-corrected chi connectivity index (χ3v) is 5.38. The van der Waals surface area contributed by atoms with Gasteiger partial charge in [-0.05, 0) is 67.9 Å². The SMILES string of the molecule is Cc1nn2c(C)c(C(=O)Nc3ccc(Oc4ccccc4)cc3)nnc2c1-c1ccc(F)cc1. The third kappa shape index (κ3) is 4.09. The minimum atomic E-state index is -0.403. The Labute approximate surface area is 194 Å². The van der Waals surface area contributed by atoms with Crippen molar-refractivity contribution in [3.63, 3.8) is 0 Å². The molecule has 0 bridgehead atoms. The summed E-state index contributed by atoms with van der Waals surface area (Å²) in [6.07, 6.45) is 0. The zero-order chi connectivity index (χ0) is 23.7. The molecular weight excluding hydrogens is 433 g/mol. The highest BCUT2D eigenvalue weighted by Gasteiger charge is 2.20. The van der Waals surface area contributed by atoms with Crippen LogP contribution in [0.3, 0.4) is 0 Å². The average molecular weight is 453 g/mol. The van der Waals surface area contributed by atoms with Gasteiger partial charge in [-0.2, -0.15) is 5.10 Å². The maximum Gasteiger partial charge on any atom is 0.278 e. The lowest BCUT2D eigenvalue weighted by molar-refractivity contribution is 0.102. The zero-order valence-electron chi connectivity index (χ0n) is 18.5. The lowest BCUT2D eigenvalue weighted by Crippen LogP contribution is -2.18. The first-order chi connectivity index (χ1) is 16.5. The number of nitrogens with zero attached hydrogens (tertiary/aromatic N) is 4. The van der Waals surface area contributed by atoms with E-state index in [1.165, 1.54) is 12.1 Å². The largest absolute Gasteiger partial charge is 0.457 e. The molecule has 0 saturated carbocycles. The molecule has 5 aromatic rings. The molecule has 2 aromatic heterocycles. The lowest BCUT2D eigenvalue weighted by atomic mass is 10.1. The Morgan fingerprint density at radius 3 is 2.26 bits per heavy atom. The van der Waals surface area contributed by atoms with E-state index in [1.807, 2.05) is 37.3 Å². The van der Waals surface area contributed by atoms with E-state index in [9.17, 15) is 9.18 Å². The van der Waals surface area contributed by atoms with Crippen molar-refractivity contribution in [2.75, 3.05) is 5.32 Å². The number of benzene rings is 3. The molecular formula is C26H20FN5O2. The summed E-state index contributed by atoms with van der Waals surface area (Å²) in [6.45, 7) is 3.60. The highest BCUT2D eigenvalue weighted by molar-refractivity contribution is 6.03. The molecule has 2 heterocycles. The normalized spacial score (nSPS) is 10.9. The van der Waals surface area contributed by atoms with E-state index >= 15 is 0 Å². The van der Waals surface area contributed by atoms with Crippen LogP contribution in [-0.4, -0.2) is 25.7 Å². The summed E-state index contributed by atoms with van der Waals surface area (Å²) in [4.78, 5) is 12.9. The summed E-state index contributed by atoms with van der Waals surface area (Å²) < 4.78 is 20.7. The van der Waals surface area contributed by atoms with Crippen molar-refractivity contribution in [3.8, 4) is 22.6 Å². The molecule has 0 aliphatic heterocycles. The van der Waals surface area contributed by atoms with Gasteiger partial charge in [0.15, 0.2) is 11.3 Å². The van der Waals surface area contributed by atoms with Crippen LogP contribution in [0.25, 0.3) is 16.8 Å². The second kappa shape index (κ2) is 8.74. The van der Waals surface area contributed by atoms with Crippen LogP contribution in [-0.2, 0) is 0 Å². The summed E-state index contributed by atoms with van der Waals surface area (Å²) >= 11 is 0. The Morgan fingerprint density at radius 1 is 0.882 bits per heavy atom. The highest BCUT2D eigenvalue weighted by atomic mass is 19.1. The van der Waals surface area contributed by atoms with Gasteiger partial charge < -0.3 is 10.1 Å². The summed E-state index contributed by atoms with van der Waals surface area (Å²) in [6, 6.07) is 22.6. The van der Waals surface area contributed by atoms with Crippen molar-refractivity contribution >= 4 is 17.2 Å². The van der Waals surface area contributed by atoms with E-state index in [2.05, 4.69) is 20.6 Å². The minimum Gasteiger partial charge on any atom is -0.457 e. The van der Waals surface area contributed by atoms with Crippen LogP contribution in [0.1, 0.15) is 21.9 Å². The fourth-order valence-corrected chi connectivity index (χ4v) is 3.70. The Morgan fingerprint density at radius 2 is 1.56 bits per heavy atom. The van der Waals surface area contributed by atoms with Gasteiger partial charge in [0.05, 0.1) is 17.0 Å². The number of rotatable bonds is 5. The van der Waals surface area contributed by atoms with Crippen LogP contribution >= 0.6 is 0 Å². The number of halogens is 1. The number of nitrogens with one attached hydrogen (secondary N) is 1. The predicted molar refractivity (Wildman–Crippen MR) is 127 cm³/mol. The summed E-state index contributed by atoms with van der Waals surface area (Å²) in [7, 11) is 0. The first kappa shape index (κ1) is 21.3. The Kier molecular flexibility index (Phi) is 5.47. The molecule has 0 aliphatic rings. The summed E-state index contributed by atoms with van der Waals surface area (Å²) in [5, 5.41) is 15.8. The molecule has 0 saturated heterocycles. The van der Waals surface area contributed by atoms with Crippen LogP contribution in [0.2, 0.25) is 0 Å². The predicted octanol–water partition coefficient (Wildman–Crippen LogP) is 5.59. The van der Waals surface area contributed by atoms with Gasteiger partial charge in [0.2, 0.25) is 0 Å². The molecule has 168 valence electrons. The number of aryl methyl sites for hydroxylation is 2. The van der Waals surface area contributed by atoms with E-state index in [1.54, 1.807) is 47.8 Å². The molecule has 0 radical (unpaired) electrons. The Hall–Kier alpha value is -4.59. The highest BCUT2D eigenvalue weighted by Crippen LogP contribution is 2.28. The zero-order valence-corrected chi connectivity index (χ0v) is 18.5. The van der Waals surface area contributed by atoms with E-state index in [4.69, 9.17) is 4.74 Å². The number of amides is 1. The molecule has 0 atom stereocenters. The molecule has 0 fully saturated rings. The van der Waals surface area contributed by atoms with Crippen molar-refractivity contribution in [2.24, 2.45) is 0 Å². The molecule has 34 heavy (non-hydrogen) atoms. The standard InChI is InChI=1S/C26H20FN5O2/c1-16-23(18-8-10-19(27)11-9-18)25-30-29-24(17(2)32(25)31-16)26(33)28-20-12-14-22(15-13-20)34-21-6-4-3-5-7-21/h3-15H,1-2H3,(H,28,33). The van der Waals surface area contributed by atoms with Crippen molar-refractivity contribution in [1.82, 2.24) is 19.8 Å². The second-order valence-electron chi connectivity index (χ2n) is 7.73. The van der Waals surface area contributed by atoms with Gasteiger partial charge in [0.1, 0.15) is 17.3 Å². The number of hydrogen-bond acceptors (Lipinski definition) is 5. The number of hydrogen-bond donors (Lipinski definition) is 1. The Balaban J connectivity index is 1.38. The van der Waals surface area contributed by atoms with E-state index in [-0.39, 0.29) is 11.5 Å². The smallest absolute Gasteiger partial charge is 0.278 e. The van der Waals surface area contributed by atoms with Crippen LogP contribution in [0.15, 0.2) is 78.9 Å². The minimum absolute atomic E-state index is 0.158. The number of ether oxygens (including phenoxy) is 1. The Bertz CT molecular complexity index is 1480. The molecule has 3 aromatic carbocycles. The van der Waals surface area contributed by atoms with Gasteiger partial charge in [0, 0.05) is 5.69 Å². The monoisotopic (exact) mass is 453 g/mol. The molecule has 1 amide bonds. The van der Waals surface area contributed by atoms with Gasteiger partial charge >= 0.3 is 0 Å². The first-order valence-electron chi connectivity index (χ1n) is 10.6. The molecule has 0 unspecified atom stereocenters. The van der Waals surface area contributed by atoms with E-state index in [0.717, 1.165) is 16.9 Å². The van der Waals surface area contributed by atoms with Crippen LogP contribution < -0.4 is 10.1 Å². The topological polar surface area (TPSA) is 81.4 Å². The first-order valence-corrected chi connectivity index (χ1v) is 10.6. The number of aromatic nitrogens is 4. The maximum atomic E-state index is 13.3. The number of fused-ring (bicyclic) bond motifs is 1. The van der Waals surface area contributed by atoms with Crippen LogP contribution in [0.4, 0.5) is 10.1 Å². The van der Waals surface area contributed by atoms with Gasteiger partial charge in [-0.3, -0.25) is 4.79 Å². The summed E-state index contributed by atoms with van der Waals surface area (Å²) in [5.41, 5.74) is 4.02. The van der Waals surface area contributed by atoms with Gasteiger partial charge in [0.25, 0.3) is 5.91 Å². The van der Waals surface area contributed by atoms with Crippen molar-refractivity contribution < 1.29 is 13.9 Å². The quantitative estimate of drug-likeness (QED) is 0.375.